The van der Waals surface area contributed by atoms with Crippen molar-refractivity contribution in [2.75, 3.05) is 53.2 Å². The summed E-state index contributed by atoms with van der Waals surface area (Å²) in [5, 5.41) is 28.3. The van der Waals surface area contributed by atoms with E-state index in [-0.39, 0.29) is 38.0 Å². The Morgan fingerprint density at radius 3 is 2.48 bits per heavy atom. The number of fused-ring (bicyclic) bond motifs is 1. The number of aromatic nitrogens is 4. The van der Waals surface area contributed by atoms with Gasteiger partial charge in [0.1, 0.15) is 18.8 Å². The van der Waals surface area contributed by atoms with Crippen LogP contribution >= 0.6 is 0 Å². The van der Waals surface area contributed by atoms with E-state index in [0.717, 1.165) is 11.0 Å². The summed E-state index contributed by atoms with van der Waals surface area (Å²) in [6, 6.07) is 0. The predicted octanol–water partition coefficient (Wildman–Crippen LogP) is -1.87. The zero-order chi connectivity index (χ0) is 17.5. The molecule has 0 saturated carbocycles. The number of quaternary nitrogens is 1. The molecule has 0 fully saturated rings. The van der Waals surface area contributed by atoms with Crippen molar-refractivity contribution in [3.8, 4) is 5.88 Å². The van der Waals surface area contributed by atoms with Crippen molar-refractivity contribution >= 4 is 17.1 Å². The zero-order valence-electron chi connectivity index (χ0n) is 13.6. The van der Waals surface area contributed by atoms with E-state index in [0.29, 0.717) is 5.65 Å². The Morgan fingerprint density at radius 2 is 1.96 bits per heavy atom. The number of aliphatic hydroxyl groups excluding tert-OH is 2. The van der Waals surface area contributed by atoms with Crippen LogP contribution in [0.3, 0.4) is 0 Å². The van der Waals surface area contributed by atoms with E-state index >= 15 is 0 Å². The van der Waals surface area contributed by atoms with Gasteiger partial charge in [0.05, 0.1) is 47.3 Å². The third kappa shape index (κ3) is 6.32. The molecule has 0 radical (unpaired) electrons. The Kier molecular flexibility index (Phi) is 7.10. The van der Waals surface area contributed by atoms with Crippen LogP contribution in [0.4, 0.5) is 5.95 Å². The lowest BCUT2D eigenvalue weighted by Gasteiger charge is -2.21. The molecule has 0 spiro atoms. The molecular weight excluding hydrogens is 304 g/mol. The number of likely N-dealkylation sites (N-methyl/N-ethyl adjacent to an activating group) is 1. The highest BCUT2D eigenvalue weighted by atomic mass is 16.5. The first-order chi connectivity index (χ1) is 10.8. The zero-order valence-corrected chi connectivity index (χ0v) is 13.6. The number of aliphatic hydroxyl groups is 2. The maximum Gasteiger partial charge on any atom is 0.221 e. The predicted molar refractivity (Wildman–Crippen MR) is 82.2 cm³/mol. The molecule has 0 unspecified atom stereocenters. The number of rotatable bonds is 6. The first kappa shape index (κ1) is 19.0. The molecule has 2 rings (SSSR count). The summed E-state index contributed by atoms with van der Waals surface area (Å²) >= 11 is 0. The minimum Gasteiger partial charge on any atom is -0.857 e. The van der Waals surface area contributed by atoms with Crippen LogP contribution in [0.25, 0.3) is 11.2 Å². The summed E-state index contributed by atoms with van der Waals surface area (Å²) in [7, 11) is 6.16. The van der Waals surface area contributed by atoms with Crippen molar-refractivity contribution in [3.63, 3.8) is 0 Å². The second-order valence-electron chi connectivity index (χ2n) is 5.77. The van der Waals surface area contributed by atoms with E-state index < -0.39 is 5.88 Å². The third-order valence-electron chi connectivity index (χ3n) is 2.69. The normalized spacial score (nSPS) is 11.3. The van der Waals surface area contributed by atoms with Crippen LogP contribution in [-0.2, 0) is 11.5 Å². The van der Waals surface area contributed by atoms with Gasteiger partial charge >= 0.3 is 0 Å². The summed E-state index contributed by atoms with van der Waals surface area (Å²) < 4.78 is 7.45. The van der Waals surface area contributed by atoms with Gasteiger partial charge in [-0.25, -0.2) is 9.97 Å². The molecule has 2 aromatic heterocycles. The van der Waals surface area contributed by atoms with Crippen LogP contribution in [0.1, 0.15) is 0 Å². The van der Waals surface area contributed by atoms with Gasteiger partial charge in [-0.05, 0) is 0 Å². The van der Waals surface area contributed by atoms with Crippen LogP contribution in [-0.4, -0.2) is 81.7 Å². The van der Waals surface area contributed by atoms with E-state index in [9.17, 15) is 5.11 Å². The van der Waals surface area contributed by atoms with Gasteiger partial charge in [-0.1, -0.05) is 0 Å². The Morgan fingerprint density at radius 1 is 1.26 bits per heavy atom. The first-order valence-electron chi connectivity index (χ1n) is 7.03. The lowest BCUT2D eigenvalue weighted by molar-refractivity contribution is -0.870. The SMILES string of the molecule is C[N+](C)(C)CCO.Nc1nc([O-])c2ncn(COCCO)c2n1. The Balaban J connectivity index is 0.000000322. The molecule has 4 N–H and O–H groups in total. The molecular formula is C13H24N6O4. The number of hydrogen-bond acceptors (Lipinski definition) is 8. The number of ether oxygens (including phenoxy) is 1. The second-order valence-corrected chi connectivity index (χ2v) is 5.77. The number of nitrogen functional groups attached to an aromatic ring is 1. The smallest absolute Gasteiger partial charge is 0.221 e. The summed E-state index contributed by atoms with van der Waals surface area (Å²) in [4.78, 5) is 11.2. The average Bonchev–Trinajstić information content (AvgIpc) is 2.82. The van der Waals surface area contributed by atoms with E-state index in [1.807, 2.05) is 0 Å². The van der Waals surface area contributed by atoms with Crippen LogP contribution in [0, 0.1) is 0 Å². The molecule has 0 atom stereocenters. The van der Waals surface area contributed by atoms with Crippen LogP contribution in [0.5, 0.6) is 5.88 Å². The maximum atomic E-state index is 11.4. The molecule has 10 heteroatoms. The molecule has 0 aliphatic heterocycles. The van der Waals surface area contributed by atoms with E-state index in [1.54, 1.807) is 0 Å². The van der Waals surface area contributed by atoms with Crippen molar-refractivity contribution in [2.24, 2.45) is 0 Å². The molecule has 10 nitrogen and oxygen atoms in total. The fourth-order valence-corrected chi connectivity index (χ4v) is 1.56. The minimum atomic E-state index is -0.511. The van der Waals surface area contributed by atoms with Crippen LogP contribution in [0.15, 0.2) is 6.33 Å². The summed E-state index contributed by atoms with van der Waals surface area (Å²) in [5.41, 5.74) is 5.85. The first-order valence-corrected chi connectivity index (χ1v) is 7.03. The number of nitrogens with zero attached hydrogens (tertiary/aromatic N) is 5. The van der Waals surface area contributed by atoms with Gasteiger partial charge in [0.25, 0.3) is 0 Å². The highest BCUT2D eigenvalue weighted by molar-refractivity contribution is 5.76. The van der Waals surface area contributed by atoms with Gasteiger partial charge in [-0.2, -0.15) is 4.98 Å². The van der Waals surface area contributed by atoms with Crippen LogP contribution in [0.2, 0.25) is 0 Å². The molecule has 0 aliphatic carbocycles. The number of nitrogens with two attached hydrogens (primary N) is 1. The quantitative estimate of drug-likeness (QED) is 0.413. The second kappa shape index (κ2) is 8.58. The Hall–Kier alpha value is -2.01. The molecule has 2 aromatic rings. The van der Waals surface area contributed by atoms with Crippen molar-refractivity contribution in [2.45, 2.75) is 6.73 Å². The van der Waals surface area contributed by atoms with Gasteiger partial charge in [0.15, 0.2) is 5.65 Å². The molecule has 2 heterocycles. The molecule has 0 aliphatic rings. The third-order valence-corrected chi connectivity index (χ3v) is 2.69. The Bertz CT molecular complexity index is 610. The Labute approximate surface area is 134 Å². The van der Waals surface area contributed by atoms with Gasteiger partial charge in [0.2, 0.25) is 5.95 Å². The largest absolute Gasteiger partial charge is 0.857 e. The molecule has 0 aromatic carbocycles. The van der Waals surface area contributed by atoms with Crippen molar-refractivity contribution in [1.82, 2.24) is 19.5 Å². The number of hydrogen-bond donors (Lipinski definition) is 3. The summed E-state index contributed by atoms with van der Waals surface area (Å²) in [6.07, 6.45) is 1.41. The van der Waals surface area contributed by atoms with Gasteiger partial charge < -0.3 is 30.3 Å². The van der Waals surface area contributed by atoms with Gasteiger partial charge in [-0.15, -0.1) is 0 Å². The molecule has 130 valence electrons. The molecule has 0 amide bonds. The van der Waals surface area contributed by atoms with E-state index in [2.05, 4.69) is 36.1 Å². The maximum absolute atomic E-state index is 11.4. The molecule has 0 bridgehead atoms. The highest BCUT2D eigenvalue weighted by Crippen LogP contribution is 2.17. The minimum absolute atomic E-state index is 0.0729. The van der Waals surface area contributed by atoms with Crippen molar-refractivity contribution in [3.05, 3.63) is 6.33 Å². The molecule has 23 heavy (non-hydrogen) atoms. The average molecular weight is 328 g/mol. The highest BCUT2D eigenvalue weighted by Gasteiger charge is 2.06. The molecule has 0 saturated heterocycles. The number of imidazole rings is 1. The standard InChI is InChI=1S/C8H11N5O3.C5H14NO/c9-8-11-6-5(7(15)12-8)10-3-13(6)4-16-2-1-14;1-6(2,3)4-5-7/h3,14H,1-2,4H2,(H3,9,11,12,15);7H,4-5H2,1-3H3/q;+1/p-1. The monoisotopic (exact) mass is 328 g/mol. The lowest BCUT2D eigenvalue weighted by atomic mass is 10.5. The topological polar surface area (TPSA) is 142 Å². The summed E-state index contributed by atoms with van der Waals surface area (Å²) in [5.74, 6) is -0.607. The van der Waals surface area contributed by atoms with E-state index in [1.165, 1.54) is 10.9 Å². The van der Waals surface area contributed by atoms with Gasteiger partial charge in [0, 0.05) is 5.88 Å². The van der Waals surface area contributed by atoms with E-state index in [4.69, 9.17) is 20.7 Å². The van der Waals surface area contributed by atoms with Crippen molar-refractivity contribution < 1.29 is 24.5 Å². The van der Waals surface area contributed by atoms with Crippen molar-refractivity contribution in [1.29, 1.82) is 0 Å². The summed E-state index contributed by atoms with van der Waals surface area (Å²) in [6.45, 7) is 1.39. The van der Waals surface area contributed by atoms with Gasteiger partial charge in [-0.3, -0.25) is 4.57 Å². The number of anilines is 1. The fourth-order valence-electron chi connectivity index (χ4n) is 1.56. The fraction of sp³-hybridized carbons (Fsp3) is 0.615. The van der Waals surface area contributed by atoms with Crippen LogP contribution < -0.4 is 10.8 Å². The lowest BCUT2D eigenvalue weighted by Crippen LogP contribution is -2.36.